The Morgan fingerprint density at radius 2 is 2.40 bits per heavy atom. The van der Waals surface area contributed by atoms with Crippen LogP contribution in [0.25, 0.3) is 0 Å². The van der Waals surface area contributed by atoms with Crippen LogP contribution in [0.2, 0.25) is 0 Å². The van der Waals surface area contributed by atoms with E-state index in [0.29, 0.717) is 19.5 Å². The Morgan fingerprint density at radius 3 is 3.05 bits per heavy atom. The molecule has 1 saturated heterocycles. The number of nitrogen functional groups attached to an aromatic ring is 1. The molecule has 1 atom stereocenters. The van der Waals surface area contributed by atoms with E-state index in [1.54, 1.807) is 4.68 Å². The van der Waals surface area contributed by atoms with E-state index in [2.05, 4.69) is 9.82 Å². The summed E-state index contributed by atoms with van der Waals surface area (Å²) in [7, 11) is -3.59. The van der Waals surface area contributed by atoms with Gasteiger partial charge >= 0.3 is 0 Å². The minimum atomic E-state index is -3.59. The number of aromatic nitrogens is 2. The molecule has 1 unspecified atom stereocenters. The first-order valence-corrected chi connectivity index (χ1v) is 8.45. The van der Waals surface area contributed by atoms with Gasteiger partial charge in [-0.3, -0.25) is 4.68 Å². The molecule has 0 radical (unpaired) electrons. The van der Waals surface area contributed by atoms with Gasteiger partial charge in [-0.1, -0.05) is 6.92 Å². The highest BCUT2D eigenvalue weighted by Crippen LogP contribution is 2.18. The van der Waals surface area contributed by atoms with Gasteiger partial charge in [0.1, 0.15) is 4.90 Å². The zero-order valence-corrected chi connectivity index (χ0v) is 12.5. The van der Waals surface area contributed by atoms with Crippen molar-refractivity contribution in [2.75, 3.05) is 18.9 Å². The fourth-order valence-electron chi connectivity index (χ4n) is 2.27. The molecule has 0 amide bonds. The summed E-state index contributed by atoms with van der Waals surface area (Å²) in [6.07, 6.45) is 5.24. The number of nitrogens with two attached hydrogens (primary N) is 1. The normalized spacial score (nSPS) is 19.6. The summed E-state index contributed by atoms with van der Waals surface area (Å²) in [5.74, 6) is 0.0445. The highest BCUT2D eigenvalue weighted by Gasteiger charge is 2.22. The van der Waals surface area contributed by atoms with Gasteiger partial charge in [-0.15, -0.1) is 0 Å². The number of hydrogen-bond donors (Lipinski definition) is 2. The molecule has 0 saturated carbocycles. The van der Waals surface area contributed by atoms with Gasteiger partial charge in [0.05, 0.1) is 6.10 Å². The van der Waals surface area contributed by atoms with E-state index in [1.165, 1.54) is 6.20 Å². The summed E-state index contributed by atoms with van der Waals surface area (Å²) < 4.78 is 33.9. The molecule has 0 aromatic carbocycles. The van der Waals surface area contributed by atoms with Gasteiger partial charge in [0.2, 0.25) is 10.0 Å². The average Bonchev–Trinajstić information content (AvgIpc) is 2.99. The average molecular weight is 302 g/mol. The van der Waals surface area contributed by atoms with Crippen LogP contribution >= 0.6 is 0 Å². The van der Waals surface area contributed by atoms with E-state index in [0.717, 1.165) is 25.9 Å². The van der Waals surface area contributed by atoms with Crippen molar-refractivity contribution in [3.63, 3.8) is 0 Å². The maximum absolute atomic E-state index is 12.2. The molecule has 0 aliphatic carbocycles. The van der Waals surface area contributed by atoms with Crippen LogP contribution < -0.4 is 10.5 Å². The minimum absolute atomic E-state index is 0.0445. The lowest BCUT2D eigenvalue weighted by Gasteiger charge is -2.09. The zero-order valence-electron chi connectivity index (χ0n) is 11.7. The zero-order chi connectivity index (χ0) is 14.6. The Labute approximate surface area is 119 Å². The molecule has 2 heterocycles. The molecule has 8 heteroatoms. The number of nitrogens with one attached hydrogen (secondary N) is 1. The van der Waals surface area contributed by atoms with E-state index in [4.69, 9.17) is 10.5 Å². The fraction of sp³-hybridized carbons (Fsp3) is 0.750. The smallest absolute Gasteiger partial charge is 0.245 e. The van der Waals surface area contributed by atoms with E-state index < -0.39 is 10.0 Å². The number of aryl methyl sites for hydroxylation is 1. The van der Waals surface area contributed by atoms with Gasteiger partial charge in [0.15, 0.2) is 5.82 Å². The SMILES string of the molecule is CCCn1cc(S(=O)(=O)NCCC2CCCO2)c(N)n1. The van der Waals surface area contributed by atoms with Crippen LogP contribution in [0.1, 0.15) is 32.6 Å². The molecule has 0 spiro atoms. The predicted octanol–water partition coefficient (Wildman–Crippen LogP) is 0.723. The van der Waals surface area contributed by atoms with Crippen molar-refractivity contribution in [3.8, 4) is 0 Å². The van der Waals surface area contributed by atoms with Gasteiger partial charge in [-0.2, -0.15) is 5.10 Å². The maximum Gasteiger partial charge on any atom is 0.245 e. The van der Waals surface area contributed by atoms with Crippen molar-refractivity contribution >= 4 is 15.8 Å². The topological polar surface area (TPSA) is 99.2 Å². The standard InChI is InChI=1S/C12H22N4O3S/c1-2-7-16-9-11(12(13)15-16)20(17,18)14-6-5-10-4-3-8-19-10/h9-10,14H,2-8H2,1H3,(H2,13,15). The van der Waals surface area contributed by atoms with Crippen molar-refractivity contribution in [2.24, 2.45) is 0 Å². The lowest BCUT2D eigenvalue weighted by Crippen LogP contribution is -2.27. The van der Waals surface area contributed by atoms with Crippen LogP contribution in [0.4, 0.5) is 5.82 Å². The van der Waals surface area contributed by atoms with Crippen LogP contribution in [0.15, 0.2) is 11.1 Å². The number of sulfonamides is 1. The third-order valence-electron chi connectivity index (χ3n) is 3.28. The Hall–Kier alpha value is -1.12. The summed E-state index contributed by atoms with van der Waals surface area (Å²) >= 11 is 0. The second-order valence-corrected chi connectivity index (χ2v) is 6.70. The molecule has 1 aromatic rings. The van der Waals surface area contributed by atoms with E-state index >= 15 is 0 Å². The van der Waals surface area contributed by atoms with E-state index in [9.17, 15) is 8.42 Å². The third kappa shape index (κ3) is 3.71. The summed E-state index contributed by atoms with van der Waals surface area (Å²) in [6.45, 7) is 3.76. The molecule has 1 aliphatic rings. The number of ether oxygens (including phenoxy) is 1. The second-order valence-electron chi connectivity index (χ2n) is 4.96. The van der Waals surface area contributed by atoms with Crippen molar-refractivity contribution in [3.05, 3.63) is 6.20 Å². The first-order chi connectivity index (χ1) is 9.53. The molecule has 7 nitrogen and oxygen atoms in total. The largest absolute Gasteiger partial charge is 0.381 e. The van der Waals surface area contributed by atoms with Crippen LogP contribution in [0.3, 0.4) is 0 Å². The minimum Gasteiger partial charge on any atom is -0.381 e. The monoisotopic (exact) mass is 302 g/mol. The summed E-state index contributed by atoms with van der Waals surface area (Å²) in [5, 5.41) is 4.00. The molecular formula is C12H22N4O3S. The number of rotatable bonds is 7. The predicted molar refractivity (Wildman–Crippen MR) is 75.7 cm³/mol. The number of hydrogen-bond acceptors (Lipinski definition) is 5. The molecule has 2 rings (SSSR count). The Bertz CT molecular complexity index is 535. The van der Waals surface area contributed by atoms with Crippen LogP contribution in [0, 0.1) is 0 Å². The maximum atomic E-state index is 12.2. The van der Waals surface area contributed by atoms with Gasteiger partial charge in [0, 0.05) is 25.9 Å². The lowest BCUT2D eigenvalue weighted by molar-refractivity contribution is 0.105. The summed E-state index contributed by atoms with van der Waals surface area (Å²) in [4.78, 5) is 0.0540. The quantitative estimate of drug-likeness (QED) is 0.773. The van der Waals surface area contributed by atoms with Crippen molar-refractivity contribution in [1.82, 2.24) is 14.5 Å². The second kappa shape index (κ2) is 6.55. The molecular weight excluding hydrogens is 280 g/mol. The van der Waals surface area contributed by atoms with Crippen LogP contribution in [0.5, 0.6) is 0 Å². The number of nitrogens with zero attached hydrogens (tertiary/aromatic N) is 2. The van der Waals surface area contributed by atoms with Gasteiger partial charge in [0.25, 0.3) is 0 Å². The molecule has 1 aromatic heterocycles. The lowest BCUT2D eigenvalue weighted by atomic mass is 10.2. The van der Waals surface area contributed by atoms with Gasteiger partial charge < -0.3 is 10.5 Å². The van der Waals surface area contributed by atoms with Crippen LogP contribution in [-0.4, -0.2) is 37.5 Å². The van der Waals surface area contributed by atoms with Crippen molar-refractivity contribution in [1.29, 1.82) is 0 Å². The Morgan fingerprint density at radius 1 is 1.60 bits per heavy atom. The van der Waals surface area contributed by atoms with Gasteiger partial charge in [-0.05, 0) is 25.7 Å². The fourth-order valence-corrected chi connectivity index (χ4v) is 3.39. The molecule has 1 fully saturated rings. The Balaban J connectivity index is 1.94. The molecule has 20 heavy (non-hydrogen) atoms. The molecule has 3 N–H and O–H groups in total. The van der Waals surface area contributed by atoms with E-state index in [1.807, 2.05) is 6.92 Å². The van der Waals surface area contributed by atoms with E-state index in [-0.39, 0.29) is 16.8 Å². The summed E-state index contributed by atoms with van der Waals surface area (Å²) in [6, 6.07) is 0. The molecule has 1 aliphatic heterocycles. The molecule has 0 bridgehead atoms. The summed E-state index contributed by atoms with van der Waals surface area (Å²) in [5.41, 5.74) is 5.68. The highest BCUT2D eigenvalue weighted by atomic mass is 32.2. The van der Waals surface area contributed by atoms with Gasteiger partial charge in [-0.25, -0.2) is 13.1 Å². The molecule has 114 valence electrons. The van der Waals surface area contributed by atoms with Crippen molar-refractivity contribution < 1.29 is 13.2 Å². The highest BCUT2D eigenvalue weighted by molar-refractivity contribution is 7.89. The first-order valence-electron chi connectivity index (χ1n) is 6.97. The van der Waals surface area contributed by atoms with Crippen molar-refractivity contribution in [2.45, 2.75) is 50.2 Å². The Kier molecular flexibility index (Phi) is 5.00. The van der Waals surface area contributed by atoms with Crippen LogP contribution in [-0.2, 0) is 21.3 Å². The number of anilines is 1. The first kappa shape index (κ1) is 15.3. The third-order valence-corrected chi connectivity index (χ3v) is 4.76.